The van der Waals surface area contributed by atoms with Crippen molar-refractivity contribution in [2.75, 3.05) is 6.54 Å². The molecule has 170 valence electrons. The van der Waals surface area contributed by atoms with Crippen LogP contribution in [0.4, 0.5) is 0 Å². The van der Waals surface area contributed by atoms with E-state index in [2.05, 4.69) is 51.9 Å². The highest BCUT2D eigenvalue weighted by Gasteiger charge is 2.17. The Morgan fingerprint density at radius 2 is 1.52 bits per heavy atom. The Bertz CT molecular complexity index is 1060. The van der Waals surface area contributed by atoms with Crippen LogP contribution in [0, 0.1) is 0 Å². The Morgan fingerprint density at radius 1 is 0.818 bits per heavy atom. The van der Waals surface area contributed by atoms with E-state index < -0.39 is 0 Å². The quantitative estimate of drug-likeness (QED) is 0.240. The van der Waals surface area contributed by atoms with Crippen molar-refractivity contribution in [1.82, 2.24) is 5.32 Å². The lowest BCUT2D eigenvalue weighted by atomic mass is 9.88. The maximum Gasteiger partial charge on any atom is 0.220 e. The van der Waals surface area contributed by atoms with E-state index in [1.807, 2.05) is 42.5 Å². The van der Waals surface area contributed by atoms with Crippen LogP contribution in [0.5, 0.6) is 0 Å². The second-order valence-electron chi connectivity index (χ2n) is 7.99. The van der Waals surface area contributed by atoms with Crippen LogP contribution in [0.2, 0.25) is 0 Å². The first-order valence-electron chi connectivity index (χ1n) is 11.1. The Labute approximate surface area is 195 Å². The van der Waals surface area contributed by atoms with Gasteiger partial charge >= 0.3 is 0 Å². The molecule has 6 nitrogen and oxygen atoms in total. The minimum absolute atomic E-state index is 0.0586. The fourth-order valence-corrected chi connectivity index (χ4v) is 3.85. The van der Waals surface area contributed by atoms with E-state index in [4.69, 9.17) is 11.7 Å². The lowest BCUT2D eigenvalue weighted by Crippen LogP contribution is -2.27. The zero-order chi connectivity index (χ0) is 23.3. The third kappa shape index (κ3) is 7.92. The molecule has 0 aliphatic carbocycles. The summed E-state index contributed by atoms with van der Waals surface area (Å²) in [5.41, 5.74) is 5.42. The first-order valence-corrected chi connectivity index (χ1v) is 11.1. The number of aryl methyl sites for hydroxylation is 1. The highest BCUT2D eigenvalue weighted by Crippen LogP contribution is 2.26. The van der Waals surface area contributed by atoms with Crippen LogP contribution in [0.3, 0.4) is 0 Å². The maximum atomic E-state index is 12.8. The van der Waals surface area contributed by atoms with Gasteiger partial charge in [-0.2, -0.15) is 10.2 Å². The van der Waals surface area contributed by atoms with Crippen molar-refractivity contribution in [2.45, 2.75) is 31.6 Å². The number of amides is 1. The molecule has 0 bridgehead atoms. The fraction of sp³-hybridized carbons (Fsp3) is 0.222. The Kier molecular flexibility index (Phi) is 9.21. The molecule has 6 heteroatoms. The van der Waals surface area contributed by atoms with Gasteiger partial charge in [0, 0.05) is 13.0 Å². The highest BCUT2D eigenvalue weighted by molar-refractivity contribution is 5.80. The lowest BCUT2D eigenvalue weighted by molar-refractivity contribution is -0.121. The summed E-state index contributed by atoms with van der Waals surface area (Å²) in [5.74, 6) is 10.7. The van der Waals surface area contributed by atoms with Crippen molar-refractivity contribution >= 4 is 18.3 Å². The van der Waals surface area contributed by atoms with Crippen LogP contribution in [0.1, 0.15) is 46.6 Å². The van der Waals surface area contributed by atoms with Gasteiger partial charge in [0.25, 0.3) is 0 Å². The number of hydrogen-bond donors (Lipinski definition) is 3. The molecule has 1 atom stereocenters. The molecular formula is C27H31N5O. The van der Waals surface area contributed by atoms with Gasteiger partial charge in [-0.25, -0.2) is 0 Å². The molecule has 0 saturated heterocycles. The predicted octanol–water partition coefficient (Wildman–Crippen LogP) is 3.74. The summed E-state index contributed by atoms with van der Waals surface area (Å²) < 4.78 is 0. The largest absolute Gasteiger partial charge is 0.356 e. The minimum Gasteiger partial charge on any atom is -0.356 e. The minimum atomic E-state index is 0.0586. The van der Waals surface area contributed by atoms with Crippen molar-refractivity contribution in [3.63, 3.8) is 0 Å². The fourth-order valence-electron chi connectivity index (χ4n) is 3.85. The topological polar surface area (TPSA) is 106 Å². The molecule has 0 aliphatic rings. The number of nitrogens with one attached hydrogen (secondary N) is 1. The second-order valence-corrected chi connectivity index (χ2v) is 7.99. The smallest absolute Gasteiger partial charge is 0.220 e. The van der Waals surface area contributed by atoms with Gasteiger partial charge in [0.05, 0.1) is 12.4 Å². The molecule has 0 aromatic heterocycles. The molecule has 0 saturated carbocycles. The molecule has 3 aromatic carbocycles. The molecule has 5 N–H and O–H groups in total. The maximum absolute atomic E-state index is 12.8. The van der Waals surface area contributed by atoms with E-state index in [0.29, 0.717) is 13.0 Å². The Morgan fingerprint density at radius 3 is 2.24 bits per heavy atom. The average Bonchev–Trinajstić information content (AvgIpc) is 2.84. The third-order valence-corrected chi connectivity index (χ3v) is 5.60. The summed E-state index contributed by atoms with van der Waals surface area (Å²) >= 11 is 0. The summed E-state index contributed by atoms with van der Waals surface area (Å²) in [6.45, 7) is 0.625. The molecule has 0 spiro atoms. The Balaban J connectivity index is 1.65. The zero-order valence-corrected chi connectivity index (χ0v) is 18.7. The van der Waals surface area contributed by atoms with Gasteiger partial charge in [0.15, 0.2) is 0 Å². The number of hydrazone groups is 2. The van der Waals surface area contributed by atoms with Crippen LogP contribution in [0.15, 0.2) is 89.1 Å². The molecule has 0 fully saturated rings. The number of rotatable bonds is 11. The first kappa shape index (κ1) is 23.7. The van der Waals surface area contributed by atoms with Gasteiger partial charge in [-0.15, -0.1) is 0 Å². The van der Waals surface area contributed by atoms with Gasteiger partial charge < -0.3 is 17.0 Å². The number of hydrogen-bond acceptors (Lipinski definition) is 5. The molecule has 3 rings (SSSR count). The van der Waals surface area contributed by atoms with Crippen LogP contribution in [-0.2, 0) is 17.6 Å². The summed E-state index contributed by atoms with van der Waals surface area (Å²) in [5, 5.41) is 10.3. The predicted molar refractivity (Wildman–Crippen MR) is 135 cm³/mol. The van der Waals surface area contributed by atoms with Gasteiger partial charge in [0.1, 0.15) is 0 Å². The summed E-state index contributed by atoms with van der Waals surface area (Å²) in [4.78, 5) is 12.8. The van der Waals surface area contributed by atoms with Crippen molar-refractivity contribution in [3.8, 4) is 0 Å². The number of nitrogens with two attached hydrogens (primary N) is 2. The van der Waals surface area contributed by atoms with Crippen LogP contribution < -0.4 is 17.0 Å². The van der Waals surface area contributed by atoms with Gasteiger partial charge in [-0.05, 0) is 59.1 Å². The second kappa shape index (κ2) is 12.8. The lowest BCUT2D eigenvalue weighted by Gasteiger charge is -2.18. The first-order chi connectivity index (χ1) is 16.2. The van der Waals surface area contributed by atoms with Crippen molar-refractivity contribution < 1.29 is 4.79 Å². The van der Waals surface area contributed by atoms with Crippen LogP contribution in [-0.4, -0.2) is 24.9 Å². The van der Waals surface area contributed by atoms with E-state index in [1.165, 1.54) is 11.1 Å². The Hall–Kier alpha value is -3.93. The number of carbonyl (C=O) groups is 1. The van der Waals surface area contributed by atoms with E-state index in [0.717, 1.165) is 36.0 Å². The summed E-state index contributed by atoms with van der Waals surface area (Å²) in [6.07, 6.45) is 6.19. The van der Waals surface area contributed by atoms with Gasteiger partial charge in [-0.3, -0.25) is 4.79 Å². The standard InChI is InChI=1S/C27H31N5O/c28-31-19-23-11-9-22(10-12-23)13-14-26(25-8-4-7-24(17-25)20-32-29)18-27(33)30-16-15-21-5-2-1-3-6-21/h1-12,17,19-20,26H,13-16,18,28-29H2,(H,30,33). The molecular weight excluding hydrogens is 410 g/mol. The molecule has 33 heavy (non-hydrogen) atoms. The number of benzene rings is 3. The third-order valence-electron chi connectivity index (χ3n) is 5.60. The zero-order valence-electron chi connectivity index (χ0n) is 18.7. The van der Waals surface area contributed by atoms with E-state index in [1.54, 1.807) is 12.4 Å². The van der Waals surface area contributed by atoms with E-state index in [-0.39, 0.29) is 11.8 Å². The number of carbonyl (C=O) groups excluding carboxylic acids is 1. The normalized spacial score (nSPS) is 12.2. The van der Waals surface area contributed by atoms with Crippen LogP contribution >= 0.6 is 0 Å². The molecule has 1 unspecified atom stereocenters. The van der Waals surface area contributed by atoms with Crippen molar-refractivity contribution in [2.24, 2.45) is 21.9 Å². The molecule has 3 aromatic rings. The van der Waals surface area contributed by atoms with Gasteiger partial charge in [-0.1, -0.05) is 72.8 Å². The van der Waals surface area contributed by atoms with Crippen molar-refractivity contribution in [3.05, 3.63) is 107 Å². The molecule has 1 amide bonds. The number of nitrogens with zero attached hydrogens (tertiary/aromatic N) is 2. The summed E-state index contributed by atoms with van der Waals surface area (Å²) in [7, 11) is 0. The SMILES string of the molecule is NN=Cc1ccc(CCC(CC(=O)NCCc2ccccc2)c2cccc(C=NN)c2)cc1. The summed E-state index contributed by atoms with van der Waals surface area (Å²) in [6, 6.07) is 26.4. The molecule has 0 aliphatic heterocycles. The molecule has 0 radical (unpaired) electrons. The van der Waals surface area contributed by atoms with Crippen LogP contribution in [0.25, 0.3) is 0 Å². The molecule has 0 heterocycles. The van der Waals surface area contributed by atoms with E-state index >= 15 is 0 Å². The highest BCUT2D eigenvalue weighted by atomic mass is 16.1. The monoisotopic (exact) mass is 441 g/mol. The van der Waals surface area contributed by atoms with E-state index in [9.17, 15) is 4.79 Å². The average molecular weight is 442 g/mol. The van der Waals surface area contributed by atoms with Gasteiger partial charge in [0.2, 0.25) is 5.91 Å². The van der Waals surface area contributed by atoms with Crippen molar-refractivity contribution in [1.29, 1.82) is 0 Å².